The number of carbonyl (C=O) groups is 1. The zero-order chi connectivity index (χ0) is 15.3. The summed E-state index contributed by atoms with van der Waals surface area (Å²) < 4.78 is 0. The van der Waals surface area contributed by atoms with Crippen molar-refractivity contribution in [2.75, 3.05) is 32.8 Å². The molecule has 120 valence electrons. The van der Waals surface area contributed by atoms with Crippen LogP contribution >= 0.6 is 0 Å². The molecule has 1 saturated carbocycles. The quantitative estimate of drug-likeness (QED) is 0.486. The van der Waals surface area contributed by atoms with Crippen LogP contribution in [0.5, 0.6) is 0 Å². The van der Waals surface area contributed by atoms with Crippen LogP contribution in [0.2, 0.25) is 0 Å². The normalized spacial score (nSPS) is 24.8. The van der Waals surface area contributed by atoms with Gasteiger partial charge in [-0.2, -0.15) is 0 Å². The van der Waals surface area contributed by atoms with E-state index in [9.17, 15) is 9.90 Å². The lowest BCUT2D eigenvalue weighted by molar-refractivity contribution is -0.119. The van der Waals surface area contributed by atoms with Crippen molar-refractivity contribution < 1.29 is 9.90 Å². The van der Waals surface area contributed by atoms with Crippen LogP contribution in [-0.2, 0) is 4.79 Å². The van der Waals surface area contributed by atoms with Gasteiger partial charge in [0.05, 0.1) is 13.2 Å². The Morgan fingerprint density at radius 3 is 2.86 bits per heavy atom. The number of nitrogens with zero attached hydrogens (tertiary/aromatic N) is 2. The summed E-state index contributed by atoms with van der Waals surface area (Å²) in [6.45, 7) is 5.58. The largest absolute Gasteiger partial charge is 0.396 e. The Bertz CT molecular complexity index is 393. The van der Waals surface area contributed by atoms with E-state index in [2.05, 4.69) is 17.1 Å². The lowest BCUT2D eigenvalue weighted by Crippen LogP contribution is -2.47. The number of likely N-dealkylation sites (tertiary alicyclic amines) is 1. The Hall–Kier alpha value is -1.30. The van der Waals surface area contributed by atoms with Gasteiger partial charge in [0.25, 0.3) is 0 Å². The fourth-order valence-corrected chi connectivity index (χ4v) is 2.92. The van der Waals surface area contributed by atoms with Gasteiger partial charge in [-0.05, 0) is 38.5 Å². The number of amides is 1. The van der Waals surface area contributed by atoms with E-state index in [1.165, 1.54) is 0 Å². The second kappa shape index (κ2) is 7.11. The van der Waals surface area contributed by atoms with E-state index in [0.717, 1.165) is 51.3 Å². The van der Waals surface area contributed by atoms with Crippen molar-refractivity contribution in [1.29, 1.82) is 0 Å². The number of aliphatic hydroxyl groups excluding tert-OH is 1. The highest BCUT2D eigenvalue weighted by Gasteiger charge is 2.42. The molecule has 21 heavy (non-hydrogen) atoms. The first-order valence-electron chi connectivity index (χ1n) is 8.01. The van der Waals surface area contributed by atoms with Crippen LogP contribution < -0.4 is 11.1 Å². The highest BCUT2D eigenvalue weighted by Crippen LogP contribution is 2.45. The van der Waals surface area contributed by atoms with Crippen LogP contribution in [0.3, 0.4) is 0 Å². The lowest BCUT2D eigenvalue weighted by atomic mass is 9.95. The highest BCUT2D eigenvalue weighted by molar-refractivity contribution is 5.80. The standard InChI is InChI=1S/C15H28N4O2/c1-2-17-14(18-10-15(11-20)5-6-15)19-7-3-4-12(9-19)8-13(16)21/h12,20H,2-11H2,1H3,(H2,16,21)(H,17,18). The molecule has 0 spiro atoms. The van der Waals surface area contributed by atoms with Crippen LogP contribution in [0.25, 0.3) is 0 Å². The summed E-state index contributed by atoms with van der Waals surface area (Å²) in [4.78, 5) is 18.0. The third-order valence-corrected chi connectivity index (χ3v) is 4.50. The summed E-state index contributed by atoms with van der Waals surface area (Å²) in [6.07, 6.45) is 4.71. The van der Waals surface area contributed by atoms with Gasteiger partial charge in [0, 0.05) is 31.5 Å². The van der Waals surface area contributed by atoms with Crippen molar-refractivity contribution >= 4 is 11.9 Å². The number of nitrogens with one attached hydrogen (secondary N) is 1. The number of piperidine rings is 1. The van der Waals surface area contributed by atoms with Crippen LogP contribution in [0.1, 0.15) is 39.0 Å². The fraction of sp³-hybridized carbons (Fsp3) is 0.867. The van der Waals surface area contributed by atoms with Crippen LogP contribution in [0, 0.1) is 11.3 Å². The summed E-state index contributed by atoms with van der Waals surface area (Å²) in [7, 11) is 0. The number of hydrogen-bond donors (Lipinski definition) is 3. The third-order valence-electron chi connectivity index (χ3n) is 4.50. The summed E-state index contributed by atoms with van der Waals surface area (Å²) in [5.41, 5.74) is 5.35. The van der Waals surface area contributed by atoms with Gasteiger partial charge in [-0.25, -0.2) is 0 Å². The zero-order valence-corrected chi connectivity index (χ0v) is 13.0. The lowest BCUT2D eigenvalue weighted by Gasteiger charge is -2.34. The van der Waals surface area contributed by atoms with Crippen molar-refractivity contribution in [2.45, 2.75) is 39.0 Å². The Balaban J connectivity index is 1.96. The molecular weight excluding hydrogens is 268 g/mol. The van der Waals surface area contributed by atoms with E-state index in [4.69, 9.17) is 10.7 Å². The monoisotopic (exact) mass is 296 g/mol. The van der Waals surface area contributed by atoms with Crippen molar-refractivity contribution in [3.8, 4) is 0 Å². The molecule has 1 aliphatic carbocycles. The first-order valence-corrected chi connectivity index (χ1v) is 8.01. The zero-order valence-electron chi connectivity index (χ0n) is 13.0. The predicted octanol–water partition coefficient (Wildman–Crippen LogP) is 0.312. The number of primary amides is 1. The number of guanidine groups is 1. The van der Waals surface area contributed by atoms with Gasteiger partial charge >= 0.3 is 0 Å². The molecule has 2 aliphatic rings. The van der Waals surface area contributed by atoms with E-state index < -0.39 is 0 Å². The summed E-state index contributed by atoms with van der Waals surface area (Å²) in [6, 6.07) is 0. The molecule has 4 N–H and O–H groups in total. The molecular formula is C15H28N4O2. The maximum Gasteiger partial charge on any atom is 0.217 e. The molecule has 1 saturated heterocycles. The Labute approximate surface area is 126 Å². The SMILES string of the molecule is CCNC(=NCC1(CO)CC1)N1CCCC(CC(N)=O)C1. The smallest absolute Gasteiger partial charge is 0.217 e. The first kappa shape index (κ1) is 16.1. The number of aliphatic hydroxyl groups is 1. The summed E-state index contributed by atoms with van der Waals surface area (Å²) >= 11 is 0. The van der Waals surface area contributed by atoms with Gasteiger partial charge in [0.2, 0.25) is 5.91 Å². The van der Waals surface area contributed by atoms with Crippen LogP contribution in [0.15, 0.2) is 4.99 Å². The molecule has 0 bridgehead atoms. The molecule has 2 rings (SSSR count). The molecule has 0 radical (unpaired) electrons. The molecule has 2 fully saturated rings. The van der Waals surface area contributed by atoms with Gasteiger partial charge in [0.1, 0.15) is 0 Å². The second-order valence-electron chi connectivity index (χ2n) is 6.45. The maximum atomic E-state index is 11.1. The first-order chi connectivity index (χ1) is 10.1. The molecule has 1 amide bonds. The topological polar surface area (TPSA) is 91.0 Å². The van der Waals surface area contributed by atoms with Crippen molar-refractivity contribution in [1.82, 2.24) is 10.2 Å². The minimum atomic E-state index is -0.221. The molecule has 0 aromatic heterocycles. The molecule has 1 aliphatic heterocycles. The second-order valence-corrected chi connectivity index (χ2v) is 6.45. The van der Waals surface area contributed by atoms with Crippen LogP contribution in [0.4, 0.5) is 0 Å². The van der Waals surface area contributed by atoms with Crippen molar-refractivity contribution in [3.05, 3.63) is 0 Å². The number of carbonyl (C=O) groups excluding carboxylic acids is 1. The Morgan fingerprint density at radius 1 is 1.52 bits per heavy atom. The van der Waals surface area contributed by atoms with E-state index in [0.29, 0.717) is 18.9 Å². The van der Waals surface area contributed by atoms with E-state index in [1.54, 1.807) is 0 Å². The number of nitrogens with two attached hydrogens (primary N) is 1. The number of aliphatic imine (C=N–C) groups is 1. The average Bonchev–Trinajstić information content (AvgIpc) is 3.23. The molecule has 0 aromatic carbocycles. The molecule has 1 atom stereocenters. The van der Waals surface area contributed by atoms with Gasteiger partial charge in [-0.1, -0.05) is 0 Å². The predicted molar refractivity (Wildman–Crippen MR) is 82.8 cm³/mol. The fourth-order valence-electron chi connectivity index (χ4n) is 2.92. The molecule has 1 heterocycles. The summed E-state index contributed by atoms with van der Waals surface area (Å²) in [5, 5.41) is 12.7. The Morgan fingerprint density at radius 2 is 2.29 bits per heavy atom. The van der Waals surface area contributed by atoms with E-state index in [1.807, 2.05) is 0 Å². The van der Waals surface area contributed by atoms with E-state index >= 15 is 0 Å². The minimum absolute atomic E-state index is 0.0308. The molecule has 6 heteroatoms. The number of rotatable bonds is 6. The number of hydrogen-bond acceptors (Lipinski definition) is 3. The highest BCUT2D eigenvalue weighted by atomic mass is 16.3. The third kappa shape index (κ3) is 4.59. The van der Waals surface area contributed by atoms with Gasteiger partial charge in [0.15, 0.2) is 5.96 Å². The van der Waals surface area contributed by atoms with E-state index in [-0.39, 0.29) is 17.9 Å². The van der Waals surface area contributed by atoms with Gasteiger partial charge in [-0.15, -0.1) is 0 Å². The molecule has 0 aromatic rings. The minimum Gasteiger partial charge on any atom is -0.396 e. The molecule has 6 nitrogen and oxygen atoms in total. The van der Waals surface area contributed by atoms with Crippen molar-refractivity contribution in [3.63, 3.8) is 0 Å². The van der Waals surface area contributed by atoms with Gasteiger partial charge in [-0.3, -0.25) is 9.79 Å². The maximum absolute atomic E-state index is 11.1. The van der Waals surface area contributed by atoms with Crippen molar-refractivity contribution in [2.24, 2.45) is 22.1 Å². The summed E-state index contributed by atoms with van der Waals surface area (Å²) in [5.74, 6) is 1.01. The Kier molecular flexibility index (Phi) is 5.45. The average molecular weight is 296 g/mol. The molecule has 1 unspecified atom stereocenters. The van der Waals surface area contributed by atoms with Gasteiger partial charge < -0.3 is 21.1 Å². The van der Waals surface area contributed by atoms with Crippen LogP contribution in [-0.4, -0.2) is 54.7 Å².